The van der Waals surface area contributed by atoms with Gasteiger partial charge in [-0.05, 0) is 141 Å². The Bertz CT molecular complexity index is 2740. The molecule has 2 heterocycles. The summed E-state index contributed by atoms with van der Waals surface area (Å²) in [4.78, 5) is 4.72. The zero-order chi connectivity index (χ0) is 43.9. The predicted molar refractivity (Wildman–Crippen MR) is 265 cm³/mol. The molecular weight excluding hydrogens is 757 g/mol. The maximum absolute atomic E-state index is 6.65. The average molecular weight is 817 g/mol. The van der Waals surface area contributed by atoms with Gasteiger partial charge in [0.25, 0.3) is 0 Å². The Hall–Kier alpha value is -6.26. The fourth-order valence-corrected chi connectivity index (χ4v) is 8.73. The van der Waals surface area contributed by atoms with E-state index in [2.05, 4.69) is 238 Å². The summed E-state index contributed by atoms with van der Waals surface area (Å²) < 4.78 is 13.3. The Morgan fingerprint density at radius 3 is 0.742 bits per heavy atom. The van der Waals surface area contributed by atoms with E-state index in [0.29, 0.717) is 0 Å². The van der Waals surface area contributed by atoms with Gasteiger partial charge < -0.3 is 18.6 Å². The lowest BCUT2D eigenvalue weighted by Crippen LogP contribution is -2.14. The molecule has 0 saturated heterocycles. The van der Waals surface area contributed by atoms with Crippen LogP contribution in [0.4, 0.5) is 34.1 Å². The molecule has 0 bridgehead atoms. The van der Waals surface area contributed by atoms with Crippen LogP contribution in [-0.4, -0.2) is 0 Å². The number of nitrogens with zero attached hydrogens (tertiary/aromatic N) is 2. The molecule has 0 aliphatic rings. The normalized spacial score (nSPS) is 12.8. The van der Waals surface area contributed by atoms with Crippen LogP contribution in [0.15, 0.2) is 154 Å². The van der Waals surface area contributed by atoms with E-state index in [1.807, 2.05) is 0 Å². The maximum atomic E-state index is 6.65. The van der Waals surface area contributed by atoms with Crippen molar-refractivity contribution in [2.45, 2.75) is 105 Å². The fraction of sp³-hybridized carbons (Fsp3) is 0.276. The molecule has 4 nitrogen and oxygen atoms in total. The highest BCUT2D eigenvalue weighted by atomic mass is 16.3. The second kappa shape index (κ2) is 14.7. The first-order valence-corrected chi connectivity index (χ1v) is 22.1. The van der Waals surface area contributed by atoms with Gasteiger partial charge in [0.1, 0.15) is 22.3 Å². The molecule has 0 N–H and O–H groups in total. The van der Waals surface area contributed by atoms with Crippen molar-refractivity contribution in [2.75, 3.05) is 9.80 Å². The Morgan fingerprint density at radius 2 is 0.500 bits per heavy atom. The van der Waals surface area contributed by atoms with E-state index in [1.165, 1.54) is 22.3 Å². The van der Waals surface area contributed by atoms with Crippen LogP contribution in [0.25, 0.3) is 43.9 Å². The molecule has 0 unspecified atom stereocenters. The van der Waals surface area contributed by atoms with Crippen LogP contribution in [0, 0.1) is 0 Å². The smallest absolute Gasteiger partial charge is 0.136 e. The summed E-state index contributed by atoms with van der Waals surface area (Å²) in [7, 11) is 0. The second-order valence-corrected chi connectivity index (χ2v) is 21.2. The molecule has 7 aromatic carbocycles. The van der Waals surface area contributed by atoms with E-state index in [9.17, 15) is 0 Å². The van der Waals surface area contributed by atoms with Gasteiger partial charge in [0.15, 0.2) is 0 Å². The molecular formula is C58H60N2O2. The third-order valence-corrected chi connectivity index (χ3v) is 12.5. The number of rotatable bonds is 6. The van der Waals surface area contributed by atoms with Gasteiger partial charge in [0.2, 0.25) is 0 Å². The molecule has 314 valence electrons. The first-order chi connectivity index (χ1) is 29.2. The lowest BCUT2D eigenvalue weighted by molar-refractivity contribution is 0.590. The van der Waals surface area contributed by atoms with E-state index in [-0.39, 0.29) is 21.7 Å². The van der Waals surface area contributed by atoms with Gasteiger partial charge in [-0.25, -0.2) is 0 Å². The summed E-state index contributed by atoms with van der Waals surface area (Å²) >= 11 is 0. The summed E-state index contributed by atoms with van der Waals surface area (Å²) in [5, 5.41) is 4.20. The minimum absolute atomic E-state index is 0.0513. The molecule has 4 heteroatoms. The maximum Gasteiger partial charge on any atom is 0.136 e. The highest BCUT2D eigenvalue weighted by molar-refractivity contribution is 6.26. The summed E-state index contributed by atoms with van der Waals surface area (Å²) in [6.45, 7) is 27.1. The van der Waals surface area contributed by atoms with Gasteiger partial charge in [-0.3, -0.25) is 0 Å². The van der Waals surface area contributed by atoms with Crippen molar-refractivity contribution in [3.8, 4) is 0 Å². The fourth-order valence-electron chi connectivity index (χ4n) is 8.73. The van der Waals surface area contributed by atoms with Gasteiger partial charge >= 0.3 is 0 Å². The molecule has 0 saturated carbocycles. The molecule has 9 aromatic rings. The van der Waals surface area contributed by atoms with Gasteiger partial charge in [-0.2, -0.15) is 0 Å². The van der Waals surface area contributed by atoms with Crippen molar-refractivity contribution in [1.29, 1.82) is 0 Å². The predicted octanol–water partition coefficient (Wildman–Crippen LogP) is 17.6. The molecule has 0 radical (unpaired) electrons. The number of anilines is 6. The van der Waals surface area contributed by atoms with Crippen LogP contribution < -0.4 is 9.80 Å². The topological polar surface area (TPSA) is 32.8 Å². The zero-order valence-corrected chi connectivity index (χ0v) is 38.6. The average Bonchev–Trinajstić information content (AvgIpc) is 3.78. The largest absolute Gasteiger partial charge is 0.456 e. The molecule has 9 rings (SSSR count). The van der Waals surface area contributed by atoms with Crippen molar-refractivity contribution >= 4 is 78.0 Å². The standard InChI is InChI=1S/C58H60N2O2/c1-55(2,3)37-13-21-41(22-14-37)59(42-23-15-38(16-24-42)56(4,5)6)45-29-31-49-47(35-45)53-51(61-49)33-34-52-54(53)48-36-46(30-32-50(48)62-52)60(43-25-17-39(18-26-43)57(7,8)9)44-27-19-40(20-28-44)58(10,11)12/h13-36H,1-12H3. The molecule has 62 heavy (non-hydrogen) atoms. The van der Waals surface area contributed by atoms with E-state index >= 15 is 0 Å². The highest BCUT2D eigenvalue weighted by Crippen LogP contribution is 2.46. The zero-order valence-electron chi connectivity index (χ0n) is 38.6. The van der Waals surface area contributed by atoms with E-state index in [4.69, 9.17) is 8.83 Å². The van der Waals surface area contributed by atoms with Gasteiger partial charge in [0, 0.05) is 55.7 Å². The molecule has 0 spiro atoms. The SMILES string of the molecule is CC(C)(C)c1ccc(N(c2ccc(C(C)(C)C)cc2)c2ccc3oc4ccc5oc6ccc(N(c7ccc(C(C)(C)C)cc7)c7ccc(C(C)(C)C)cc7)cc6c5c4c3c2)cc1. The van der Waals surface area contributed by atoms with Crippen molar-refractivity contribution in [2.24, 2.45) is 0 Å². The molecule has 0 aliphatic carbocycles. The van der Waals surface area contributed by atoms with Crippen molar-refractivity contribution < 1.29 is 8.83 Å². The van der Waals surface area contributed by atoms with Crippen LogP contribution in [0.3, 0.4) is 0 Å². The Kier molecular flexibility index (Phi) is 9.74. The first-order valence-electron chi connectivity index (χ1n) is 22.1. The van der Waals surface area contributed by atoms with Crippen molar-refractivity contribution in [3.05, 3.63) is 168 Å². The number of hydrogen-bond acceptors (Lipinski definition) is 4. The van der Waals surface area contributed by atoms with E-state index < -0.39 is 0 Å². The molecule has 0 amide bonds. The lowest BCUT2D eigenvalue weighted by atomic mass is 9.86. The summed E-state index contributed by atoms with van der Waals surface area (Å²) in [6.07, 6.45) is 0. The van der Waals surface area contributed by atoms with Crippen LogP contribution in [0.2, 0.25) is 0 Å². The summed E-state index contributed by atoms with van der Waals surface area (Å²) in [5.74, 6) is 0. The third kappa shape index (κ3) is 7.55. The number of fused-ring (bicyclic) bond motifs is 7. The summed E-state index contributed by atoms with van der Waals surface area (Å²) in [6, 6.07) is 53.4. The Morgan fingerprint density at radius 1 is 0.274 bits per heavy atom. The number of furan rings is 2. The van der Waals surface area contributed by atoms with Crippen LogP contribution >= 0.6 is 0 Å². The number of hydrogen-bond donors (Lipinski definition) is 0. The molecule has 0 aliphatic heterocycles. The van der Waals surface area contributed by atoms with E-state index in [1.54, 1.807) is 0 Å². The molecule has 0 atom stereocenters. The highest BCUT2D eigenvalue weighted by Gasteiger charge is 2.24. The van der Waals surface area contributed by atoms with Crippen molar-refractivity contribution in [3.63, 3.8) is 0 Å². The van der Waals surface area contributed by atoms with E-state index in [0.717, 1.165) is 78.0 Å². The Balaban J connectivity index is 1.23. The molecule has 0 fully saturated rings. The minimum Gasteiger partial charge on any atom is -0.456 e. The van der Waals surface area contributed by atoms with Gasteiger partial charge in [-0.15, -0.1) is 0 Å². The quantitative estimate of drug-likeness (QED) is 0.167. The van der Waals surface area contributed by atoms with Crippen LogP contribution in [0.5, 0.6) is 0 Å². The number of benzene rings is 7. The van der Waals surface area contributed by atoms with Gasteiger partial charge in [-0.1, -0.05) is 132 Å². The first kappa shape index (κ1) is 41.1. The van der Waals surface area contributed by atoms with Crippen LogP contribution in [-0.2, 0) is 21.7 Å². The molecule has 2 aromatic heterocycles. The monoisotopic (exact) mass is 816 g/mol. The van der Waals surface area contributed by atoms with Crippen molar-refractivity contribution in [1.82, 2.24) is 0 Å². The summed E-state index contributed by atoms with van der Waals surface area (Å²) in [5.41, 5.74) is 15.3. The van der Waals surface area contributed by atoms with Gasteiger partial charge in [0.05, 0.1) is 0 Å². The Labute approximate surface area is 367 Å². The third-order valence-electron chi connectivity index (χ3n) is 12.5. The minimum atomic E-state index is 0.0513. The lowest BCUT2D eigenvalue weighted by Gasteiger charge is -2.28. The van der Waals surface area contributed by atoms with Crippen LogP contribution in [0.1, 0.15) is 105 Å². The second-order valence-electron chi connectivity index (χ2n) is 21.2.